The van der Waals surface area contributed by atoms with E-state index in [1.165, 1.54) is 17.0 Å². The zero-order valence-electron chi connectivity index (χ0n) is 15.4. The highest BCUT2D eigenvalue weighted by Crippen LogP contribution is 2.26. The van der Waals surface area contributed by atoms with Gasteiger partial charge in [-0.3, -0.25) is 4.40 Å². The average molecular weight is 375 g/mol. The van der Waals surface area contributed by atoms with Gasteiger partial charge < -0.3 is 10.2 Å². The van der Waals surface area contributed by atoms with E-state index in [4.69, 9.17) is 0 Å². The lowest BCUT2D eigenvalue weighted by molar-refractivity contribution is 0.230. The van der Waals surface area contributed by atoms with Crippen molar-refractivity contribution in [2.24, 2.45) is 0 Å². The predicted molar refractivity (Wildman–Crippen MR) is 107 cm³/mol. The number of carbonyl (C=O) groups excluding carboxylic acids is 1. The number of imidazole rings is 1. The van der Waals surface area contributed by atoms with E-state index in [-0.39, 0.29) is 6.03 Å². The maximum absolute atomic E-state index is 14.4. The van der Waals surface area contributed by atoms with Gasteiger partial charge in [0.25, 0.3) is 0 Å². The number of nitrogens with zero attached hydrogens (tertiary/aromatic N) is 4. The largest absolute Gasteiger partial charge is 0.331 e. The van der Waals surface area contributed by atoms with E-state index < -0.39 is 5.82 Å². The summed E-state index contributed by atoms with van der Waals surface area (Å²) in [6.07, 6.45) is 5.38. The minimum Gasteiger partial charge on any atom is -0.331 e. The Kier molecular flexibility index (Phi) is 4.49. The SMILES string of the molecule is CN(C)C(=O)Nc1ccc(F)c(-c2cn3cc(-c4ccccc4)cnc3n2)c1. The number of carbonyl (C=O) groups is 1. The minimum absolute atomic E-state index is 0.290. The number of fused-ring (bicyclic) bond motifs is 1. The van der Waals surface area contributed by atoms with E-state index in [0.717, 1.165) is 11.1 Å². The molecule has 0 atom stereocenters. The van der Waals surface area contributed by atoms with E-state index in [1.54, 1.807) is 37.0 Å². The monoisotopic (exact) mass is 375 g/mol. The van der Waals surface area contributed by atoms with Crippen LogP contribution in [0.1, 0.15) is 0 Å². The molecule has 0 fully saturated rings. The molecule has 2 heterocycles. The van der Waals surface area contributed by atoms with Crippen LogP contribution in [0.2, 0.25) is 0 Å². The number of rotatable bonds is 3. The summed E-state index contributed by atoms with van der Waals surface area (Å²) >= 11 is 0. The molecule has 0 radical (unpaired) electrons. The van der Waals surface area contributed by atoms with Crippen LogP contribution >= 0.6 is 0 Å². The Hall–Kier alpha value is -3.74. The van der Waals surface area contributed by atoms with Crippen LogP contribution in [0.4, 0.5) is 14.9 Å². The minimum atomic E-state index is -0.422. The summed E-state index contributed by atoms with van der Waals surface area (Å²) in [5.41, 5.74) is 3.20. The molecular formula is C21H18FN5O. The Labute approximate surface area is 161 Å². The van der Waals surface area contributed by atoms with Crippen LogP contribution < -0.4 is 5.32 Å². The molecule has 4 aromatic rings. The van der Waals surface area contributed by atoms with Gasteiger partial charge in [0, 0.05) is 49.5 Å². The fraction of sp³-hybridized carbons (Fsp3) is 0.0952. The third-order valence-electron chi connectivity index (χ3n) is 4.32. The molecule has 4 rings (SSSR count). The van der Waals surface area contributed by atoms with Gasteiger partial charge >= 0.3 is 6.03 Å². The third-order valence-corrected chi connectivity index (χ3v) is 4.32. The summed E-state index contributed by atoms with van der Waals surface area (Å²) < 4.78 is 16.2. The second-order valence-corrected chi connectivity index (χ2v) is 6.56. The van der Waals surface area contributed by atoms with Gasteiger partial charge in [-0.2, -0.15) is 0 Å². The van der Waals surface area contributed by atoms with Crippen molar-refractivity contribution in [2.45, 2.75) is 0 Å². The van der Waals surface area contributed by atoms with Gasteiger partial charge in [0.1, 0.15) is 5.82 Å². The number of halogens is 1. The molecule has 0 aliphatic heterocycles. The van der Waals surface area contributed by atoms with Crippen LogP contribution in [0.15, 0.2) is 67.1 Å². The van der Waals surface area contributed by atoms with Crippen LogP contribution in [0, 0.1) is 5.82 Å². The Morgan fingerprint density at radius 3 is 2.61 bits per heavy atom. The number of amides is 2. The Morgan fingerprint density at radius 2 is 1.86 bits per heavy atom. The topological polar surface area (TPSA) is 62.5 Å². The molecule has 28 heavy (non-hydrogen) atoms. The van der Waals surface area contributed by atoms with E-state index in [1.807, 2.05) is 36.5 Å². The van der Waals surface area contributed by atoms with Crippen molar-refractivity contribution in [3.63, 3.8) is 0 Å². The maximum atomic E-state index is 14.4. The average Bonchev–Trinajstić information content (AvgIpc) is 3.13. The molecule has 0 saturated heterocycles. The van der Waals surface area contributed by atoms with Gasteiger partial charge in [-0.15, -0.1) is 0 Å². The first-order chi connectivity index (χ1) is 13.5. The van der Waals surface area contributed by atoms with Gasteiger partial charge in [0.2, 0.25) is 5.78 Å². The molecule has 7 heteroatoms. The highest BCUT2D eigenvalue weighted by Gasteiger charge is 2.13. The Balaban J connectivity index is 1.72. The van der Waals surface area contributed by atoms with E-state index in [0.29, 0.717) is 22.7 Å². The Morgan fingerprint density at radius 1 is 1.07 bits per heavy atom. The molecule has 2 aromatic carbocycles. The van der Waals surface area contributed by atoms with E-state index in [9.17, 15) is 9.18 Å². The summed E-state index contributed by atoms with van der Waals surface area (Å²) in [6, 6.07) is 14.0. The summed E-state index contributed by atoms with van der Waals surface area (Å²) in [4.78, 5) is 22.1. The highest BCUT2D eigenvalue weighted by molar-refractivity contribution is 5.89. The number of aromatic nitrogens is 3. The van der Waals surface area contributed by atoms with E-state index in [2.05, 4.69) is 15.3 Å². The van der Waals surface area contributed by atoms with Crippen LogP contribution in [-0.4, -0.2) is 39.4 Å². The van der Waals surface area contributed by atoms with Crippen molar-refractivity contribution < 1.29 is 9.18 Å². The molecule has 0 saturated carbocycles. The quantitative estimate of drug-likeness (QED) is 0.581. The fourth-order valence-electron chi connectivity index (χ4n) is 2.83. The van der Waals surface area contributed by atoms with Crippen molar-refractivity contribution in [3.05, 3.63) is 72.9 Å². The van der Waals surface area contributed by atoms with Crippen molar-refractivity contribution in [1.29, 1.82) is 0 Å². The molecule has 1 N–H and O–H groups in total. The van der Waals surface area contributed by atoms with Gasteiger partial charge in [-0.05, 0) is 23.8 Å². The van der Waals surface area contributed by atoms with E-state index >= 15 is 0 Å². The highest BCUT2D eigenvalue weighted by atomic mass is 19.1. The molecule has 0 aliphatic rings. The molecular weight excluding hydrogens is 357 g/mol. The second-order valence-electron chi connectivity index (χ2n) is 6.56. The normalized spacial score (nSPS) is 10.8. The van der Waals surface area contributed by atoms with Crippen LogP contribution in [0.3, 0.4) is 0 Å². The number of hydrogen-bond donors (Lipinski definition) is 1. The molecule has 0 aliphatic carbocycles. The zero-order valence-corrected chi connectivity index (χ0v) is 15.4. The summed E-state index contributed by atoms with van der Waals surface area (Å²) in [6.45, 7) is 0. The number of urea groups is 1. The zero-order chi connectivity index (χ0) is 19.7. The van der Waals surface area contributed by atoms with Crippen LogP contribution in [-0.2, 0) is 0 Å². The van der Waals surface area contributed by atoms with Gasteiger partial charge in [-0.1, -0.05) is 30.3 Å². The summed E-state index contributed by atoms with van der Waals surface area (Å²) in [5.74, 6) is 0.0475. The first kappa shape index (κ1) is 17.7. The molecule has 2 amide bonds. The number of anilines is 1. The second kappa shape index (κ2) is 7.11. The van der Waals surface area contributed by atoms with Crippen molar-refractivity contribution >= 4 is 17.5 Å². The fourth-order valence-corrected chi connectivity index (χ4v) is 2.83. The number of hydrogen-bond acceptors (Lipinski definition) is 3. The van der Waals surface area contributed by atoms with Crippen LogP contribution in [0.5, 0.6) is 0 Å². The molecule has 0 unspecified atom stereocenters. The standard InChI is InChI=1S/C21H18FN5O/c1-26(2)21(28)24-16-8-9-18(22)17(10-16)19-13-27-12-15(11-23-20(27)25-19)14-6-4-3-5-7-14/h3-13H,1-2H3,(H,24,28). The van der Waals surface area contributed by atoms with Crippen molar-refractivity contribution in [3.8, 4) is 22.4 Å². The van der Waals surface area contributed by atoms with Crippen molar-refractivity contribution in [2.75, 3.05) is 19.4 Å². The smallest absolute Gasteiger partial charge is 0.321 e. The summed E-state index contributed by atoms with van der Waals surface area (Å²) in [7, 11) is 3.27. The maximum Gasteiger partial charge on any atom is 0.321 e. The third kappa shape index (κ3) is 3.42. The lowest BCUT2D eigenvalue weighted by atomic mass is 10.1. The molecule has 0 bridgehead atoms. The molecule has 140 valence electrons. The van der Waals surface area contributed by atoms with Gasteiger partial charge in [0.15, 0.2) is 0 Å². The van der Waals surface area contributed by atoms with Gasteiger partial charge in [0.05, 0.1) is 5.69 Å². The van der Waals surface area contributed by atoms with Crippen LogP contribution in [0.25, 0.3) is 28.2 Å². The predicted octanol–water partition coefficient (Wildman–Crippen LogP) is 4.30. The number of benzene rings is 2. The first-order valence-corrected chi connectivity index (χ1v) is 8.69. The Bertz CT molecular complexity index is 1150. The van der Waals surface area contributed by atoms with Gasteiger partial charge in [-0.25, -0.2) is 19.2 Å². The number of nitrogens with one attached hydrogen (secondary N) is 1. The summed E-state index contributed by atoms with van der Waals surface area (Å²) in [5, 5.41) is 2.71. The lowest BCUT2D eigenvalue weighted by Crippen LogP contribution is -2.27. The lowest BCUT2D eigenvalue weighted by Gasteiger charge is -2.12. The molecule has 2 aromatic heterocycles. The van der Waals surface area contributed by atoms with Crippen molar-refractivity contribution in [1.82, 2.24) is 19.3 Å². The molecule has 6 nitrogen and oxygen atoms in total. The first-order valence-electron chi connectivity index (χ1n) is 8.69. The molecule has 0 spiro atoms.